The van der Waals surface area contributed by atoms with E-state index >= 15 is 0 Å². The highest BCUT2D eigenvalue weighted by Crippen LogP contribution is 2.38. The molecule has 1 amide bonds. The molecule has 1 saturated heterocycles. The third-order valence-corrected chi connectivity index (χ3v) is 3.86. The Morgan fingerprint density at radius 2 is 1.80 bits per heavy atom. The molecule has 25 heavy (non-hydrogen) atoms. The highest BCUT2D eigenvalue weighted by Gasteiger charge is 2.34. The number of nitrogens with zero attached hydrogens (tertiary/aromatic N) is 3. The SMILES string of the molecule is O=C(NCCCCCCO)c1cc([N+](=O)[O-])cc([N+](=O)[O-])c1N1CC1. The van der Waals surface area contributed by atoms with Crippen LogP contribution in [-0.4, -0.2) is 47.1 Å². The van der Waals surface area contributed by atoms with Crippen molar-refractivity contribution in [3.8, 4) is 0 Å². The quantitative estimate of drug-likeness (QED) is 0.282. The summed E-state index contributed by atoms with van der Waals surface area (Å²) in [6.45, 7) is 1.63. The van der Waals surface area contributed by atoms with Gasteiger partial charge in [-0.3, -0.25) is 25.0 Å². The van der Waals surface area contributed by atoms with Gasteiger partial charge < -0.3 is 15.3 Å². The van der Waals surface area contributed by atoms with Crippen molar-refractivity contribution in [2.45, 2.75) is 25.7 Å². The summed E-state index contributed by atoms with van der Waals surface area (Å²) in [5.74, 6) is -0.559. The molecule has 1 aromatic rings. The average molecular weight is 352 g/mol. The van der Waals surface area contributed by atoms with E-state index in [9.17, 15) is 25.0 Å². The molecule has 1 aromatic carbocycles. The summed E-state index contributed by atoms with van der Waals surface area (Å²) in [4.78, 5) is 34.9. The zero-order valence-electron chi connectivity index (χ0n) is 13.6. The van der Waals surface area contributed by atoms with Crippen molar-refractivity contribution in [1.82, 2.24) is 5.32 Å². The summed E-state index contributed by atoms with van der Waals surface area (Å²) in [6, 6.07) is 1.97. The lowest BCUT2D eigenvalue weighted by Crippen LogP contribution is -2.26. The zero-order valence-corrected chi connectivity index (χ0v) is 13.6. The van der Waals surface area contributed by atoms with Crippen molar-refractivity contribution < 1.29 is 19.7 Å². The minimum atomic E-state index is -0.745. The Bertz CT molecular complexity index is 674. The van der Waals surface area contributed by atoms with E-state index in [0.717, 1.165) is 25.0 Å². The first-order chi connectivity index (χ1) is 12.0. The number of nitro benzene ring substituents is 2. The Morgan fingerprint density at radius 1 is 1.12 bits per heavy atom. The molecule has 0 bridgehead atoms. The molecule has 1 aliphatic rings. The molecule has 0 radical (unpaired) electrons. The minimum Gasteiger partial charge on any atom is -0.396 e. The molecule has 1 aliphatic heterocycles. The van der Waals surface area contributed by atoms with E-state index in [1.807, 2.05) is 0 Å². The number of nitrogens with one attached hydrogen (secondary N) is 1. The van der Waals surface area contributed by atoms with E-state index in [0.29, 0.717) is 32.5 Å². The smallest absolute Gasteiger partial charge is 0.300 e. The number of aliphatic hydroxyl groups is 1. The fraction of sp³-hybridized carbons (Fsp3) is 0.533. The van der Waals surface area contributed by atoms with Crippen molar-refractivity contribution >= 4 is 23.0 Å². The number of anilines is 1. The second-order valence-corrected chi connectivity index (χ2v) is 5.76. The molecular formula is C15H20N4O6. The molecule has 0 unspecified atom stereocenters. The van der Waals surface area contributed by atoms with Crippen LogP contribution < -0.4 is 10.2 Å². The molecule has 0 aliphatic carbocycles. The van der Waals surface area contributed by atoms with Crippen molar-refractivity contribution in [2.24, 2.45) is 0 Å². The van der Waals surface area contributed by atoms with Gasteiger partial charge in [-0.1, -0.05) is 12.8 Å². The molecule has 0 saturated carbocycles. The molecule has 0 atom stereocenters. The van der Waals surface area contributed by atoms with Gasteiger partial charge in [0.05, 0.1) is 21.5 Å². The molecule has 2 N–H and O–H groups in total. The average Bonchev–Trinajstić information content (AvgIpc) is 3.41. The molecule has 0 spiro atoms. The standard InChI is InChI=1S/C15H20N4O6/c20-8-4-2-1-3-5-16-15(21)12-9-11(18(22)23)10-13(19(24)25)14(12)17-6-7-17/h9-10,20H,1-8H2,(H,16,21). The lowest BCUT2D eigenvalue weighted by molar-refractivity contribution is -0.393. The molecule has 10 heteroatoms. The van der Waals surface area contributed by atoms with Crippen LogP contribution in [0.1, 0.15) is 36.0 Å². The molecule has 10 nitrogen and oxygen atoms in total. The van der Waals surface area contributed by atoms with E-state index in [1.54, 1.807) is 4.90 Å². The first-order valence-corrected chi connectivity index (χ1v) is 8.06. The number of hydrogen-bond acceptors (Lipinski definition) is 7. The number of unbranched alkanes of at least 4 members (excludes halogenated alkanes) is 3. The Balaban J connectivity index is 2.18. The van der Waals surface area contributed by atoms with Crippen LogP contribution in [0.2, 0.25) is 0 Å². The van der Waals surface area contributed by atoms with E-state index in [4.69, 9.17) is 5.11 Å². The lowest BCUT2D eigenvalue weighted by atomic mass is 10.1. The van der Waals surface area contributed by atoms with Gasteiger partial charge in [0.1, 0.15) is 5.69 Å². The second-order valence-electron chi connectivity index (χ2n) is 5.76. The Labute approximate surface area is 143 Å². The van der Waals surface area contributed by atoms with Crippen molar-refractivity contribution in [3.63, 3.8) is 0 Å². The number of carbonyl (C=O) groups excluding carboxylic acids is 1. The topological polar surface area (TPSA) is 139 Å². The number of hydrogen-bond donors (Lipinski definition) is 2. The first-order valence-electron chi connectivity index (χ1n) is 8.06. The van der Waals surface area contributed by atoms with Gasteiger partial charge in [-0.25, -0.2) is 0 Å². The van der Waals surface area contributed by atoms with Gasteiger partial charge in [0.15, 0.2) is 0 Å². The van der Waals surface area contributed by atoms with Gasteiger partial charge >= 0.3 is 0 Å². The maximum Gasteiger partial charge on any atom is 0.300 e. The van der Waals surface area contributed by atoms with E-state index in [2.05, 4.69) is 5.32 Å². The van der Waals surface area contributed by atoms with Crippen LogP contribution >= 0.6 is 0 Å². The van der Waals surface area contributed by atoms with Gasteiger partial charge in [-0.05, 0) is 12.8 Å². The number of benzene rings is 1. The zero-order chi connectivity index (χ0) is 18.4. The fourth-order valence-electron chi connectivity index (χ4n) is 2.52. The second kappa shape index (κ2) is 8.38. The number of rotatable bonds is 10. The van der Waals surface area contributed by atoms with Crippen LogP contribution in [0.3, 0.4) is 0 Å². The van der Waals surface area contributed by atoms with Gasteiger partial charge in [-0.2, -0.15) is 0 Å². The summed E-state index contributed by atoms with van der Waals surface area (Å²) >= 11 is 0. The number of non-ortho nitro benzene ring substituents is 1. The normalized spacial score (nSPS) is 12.8. The predicted octanol–water partition coefficient (Wildman–Crippen LogP) is 1.61. The third-order valence-electron chi connectivity index (χ3n) is 3.86. The summed E-state index contributed by atoms with van der Waals surface area (Å²) in [5.41, 5.74) is -0.827. The van der Waals surface area contributed by atoms with E-state index in [-0.39, 0.29) is 17.9 Å². The number of nitro groups is 2. The molecule has 136 valence electrons. The van der Waals surface area contributed by atoms with E-state index < -0.39 is 27.1 Å². The van der Waals surface area contributed by atoms with Crippen molar-refractivity contribution in [3.05, 3.63) is 37.9 Å². The molecule has 1 fully saturated rings. The summed E-state index contributed by atoms with van der Waals surface area (Å²) in [6.07, 6.45) is 3.06. The highest BCUT2D eigenvalue weighted by atomic mass is 16.6. The van der Waals surface area contributed by atoms with Crippen LogP contribution in [0, 0.1) is 20.2 Å². The minimum absolute atomic E-state index is 0.0474. The van der Waals surface area contributed by atoms with Crippen molar-refractivity contribution in [1.29, 1.82) is 0 Å². The molecule has 1 heterocycles. The number of aliphatic hydroxyl groups excluding tert-OH is 1. The van der Waals surface area contributed by atoms with Crippen LogP contribution in [-0.2, 0) is 0 Å². The molecular weight excluding hydrogens is 332 g/mol. The van der Waals surface area contributed by atoms with Crippen LogP contribution in [0.15, 0.2) is 12.1 Å². The van der Waals surface area contributed by atoms with Crippen LogP contribution in [0.25, 0.3) is 0 Å². The lowest BCUT2D eigenvalue weighted by Gasteiger charge is -2.11. The number of amides is 1. The molecule has 2 rings (SSSR count). The van der Waals surface area contributed by atoms with Gasteiger partial charge in [0.25, 0.3) is 17.3 Å². The van der Waals surface area contributed by atoms with Gasteiger partial charge in [0.2, 0.25) is 0 Å². The van der Waals surface area contributed by atoms with Crippen molar-refractivity contribution in [2.75, 3.05) is 31.1 Å². The van der Waals surface area contributed by atoms with Gasteiger partial charge in [-0.15, -0.1) is 0 Å². The van der Waals surface area contributed by atoms with Gasteiger partial charge in [0, 0.05) is 32.3 Å². The van der Waals surface area contributed by atoms with Crippen LogP contribution in [0.4, 0.5) is 17.1 Å². The molecule has 0 aromatic heterocycles. The van der Waals surface area contributed by atoms with Crippen LogP contribution in [0.5, 0.6) is 0 Å². The fourth-order valence-corrected chi connectivity index (χ4v) is 2.52. The monoisotopic (exact) mass is 352 g/mol. The summed E-state index contributed by atoms with van der Waals surface area (Å²) < 4.78 is 0. The number of carbonyl (C=O) groups is 1. The maximum atomic E-state index is 12.4. The summed E-state index contributed by atoms with van der Waals surface area (Å²) in [7, 11) is 0. The first kappa shape index (κ1) is 18.6. The predicted molar refractivity (Wildman–Crippen MR) is 89.9 cm³/mol. The summed E-state index contributed by atoms with van der Waals surface area (Å²) in [5, 5.41) is 33.7. The largest absolute Gasteiger partial charge is 0.396 e. The Morgan fingerprint density at radius 3 is 2.36 bits per heavy atom. The highest BCUT2D eigenvalue weighted by molar-refractivity contribution is 6.03. The maximum absolute atomic E-state index is 12.4. The third kappa shape index (κ3) is 4.86. The Hall–Kier alpha value is -2.75. The van der Waals surface area contributed by atoms with E-state index in [1.165, 1.54) is 0 Å². The Kier molecular flexibility index (Phi) is 6.23.